The summed E-state index contributed by atoms with van der Waals surface area (Å²) in [7, 11) is 0. The highest BCUT2D eigenvalue weighted by molar-refractivity contribution is 5.91. The first kappa shape index (κ1) is 17.5. The van der Waals surface area contributed by atoms with Crippen molar-refractivity contribution in [1.29, 1.82) is 0 Å². The summed E-state index contributed by atoms with van der Waals surface area (Å²) in [6, 6.07) is 24.5. The number of aryl methyl sites for hydroxylation is 1. The third-order valence-corrected chi connectivity index (χ3v) is 3.83. The zero-order valence-electron chi connectivity index (χ0n) is 14.6. The smallest absolute Gasteiger partial charge is 0.262 e. The third kappa shape index (κ3) is 4.86. The van der Waals surface area contributed by atoms with E-state index in [2.05, 4.69) is 12.2 Å². The van der Waals surface area contributed by atoms with Gasteiger partial charge in [-0.1, -0.05) is 43.3 Å². The van der Waals surface area contributed by atoms with Crippen LogP contribution in [0.1, 0.15) is 12.5 Å². The number of rotatable bonds is 7. The number of para-hydroxylation sites is 2. The van der Waals surface area contributed by atoms with E-state index in [9.17, 15) is 4.79 Å². The predicted molar refractivity (Wildman–Crippen MR) is 103 cm³/mol. The van der Waals surface area contributed by atoms with E-state index in [-0.39, 0.29) is 12.5 Å². The van der Waals surface area contributed by atoms with Crippen LogP contribution >= 0.6 is 0 Å². The molecule has 0 saturated heterocycles. The number of ether oxygens (including phenoxy) is 2. The summed E-state index contributed by atoms with van der Waals surface area (Å²) in [5.74, 6) is 2.03. The van der Waals surface area contributed by atoms with Gasteiger partial charge in [0.1, 0.15) is 17.2 Å². The Kier molecular flexibility index (Phi) is 5.88. The largest absolute Gasteiger partial charge is 0.483 e. The van der Waals surface area contributed by atoms with E-state index in [4.69, 9.17) is 9.47 Å². The van der Waals surface area contributed by atoms with Crippen LogP contribution in [0.4, 0.5) is 5.69 Å². The minimum Gasteiger partial charge on any atom is -0.483 e. The van der Waals surface area contributed by atoms with Crippen molar-refractivity contribution in [3.8, 4) is 17.2 Å². The van der Waals surface area contributed by atoms with Gasteiger partial charge >= 0.3 is 0 Å². The van der Waals surface area contributed by atoms with E-state index in [0.29, 0.717) is 11.4 Å². The Morgan fingerprint density at radius 3 is 2.23 bits per heavy atom. The lowest BCUT2D eigenvalue weighted by Crippen LogP contribution is -2.20. The average Bonchev–Trinajstić information content (AvgIpc) is 2.69. The summed E-state index contributed by atoms with van der Waals surface area (Å²) in [4.78, 5) is 12.1. The van der Waals surface area contributed by atoms with Crippen LogP contribution in [-0.4, -0.2) is 12.5 Å². The average molecular weight is 347 g/mol. The van der Waals surface area contributed by atoms with Gasteiger partial charge in [-0.15, -0.1) is 0 Å². The van der Waals surface area contributed by atoms with E-state index in [1.165, 1.54) is 0 Å². The molecule has 0 aliphatic carbocycles. The maximum Gasteiger partial charge on any atom is 0.262 e. The highest BCUT2D eigenvalue weighted by atomic mass is 16.5. The van der Waals surface area contributed by atoms with Crippen LogP contribution in [0.15, 0.2) is 78.9 Å². The Morgan fingerprint density at radius 2 is 1.50 bits per heavy atom. The van der Waals surface area contributed by atoms with Crippen LogP contribution < -0.4 is 14.8 Å². The van der Waals surface area contributed by atoms with E-state index in [1.807, 2.05) is 66.7 Å². The fourth-order valence-corrected chi connectivity index (χ4v) is 2.51. The maximum absolute atomic E-state index is 12.1. The van der Waals surface area contributed by atoms with Crippen molar-refractivity contribution < 1.29 is 14.3 Å². The lowest BCUT2D eigenvalue weighted by Gasteiger charge is -2.11. The van der Waals surface area contributed by atoms with Crippen LogP contribution in [0.5, 0.6) is 17.2 Å². The van der Waals surface area contributed by atoms with Crippen LogP contribution in [0.3, 0.4) is 0 Å². The molecule has 26 heavy (non-hydrogen) atoms. The first-order valence-electron chi connectivity index (χ1n) is 8.58. The lowest BCUT2D eigenvalue weighted by atomic mass is 10.1. The Bertz CT molecular complexity index is 845. The van der Waals surface area contributed by atoms with Crippen molar-refractivity contribution in [2.24, 2.45) is 0 Å². The van der Waals surface area contributed by atoms with Crippen molar-refractivity contribution in [3.05, 3.63) is 84.4 Å². The molecule has 3 aromatic carbocycles. The number of carbonyl (C=O) groups excluding carboxylic acids is 1. The quantitative estimate of drug-likeness (QED) is 0.650. The molecule has 0 unspecified atom stereocenters. The number of hydrogen-bond acceptors (Lipinski definition) is 3. The van der Waals surface area contributed by atoms with Crippen molar-refractivity contribution in [1.82, 2.24) is 0 Å². The molecular formula is C22H21NO3. The van der Waals surface area contributed by atoms with Crippen LogP contribution in [0.25, 0.3) is 0 Å². The molecule has 132 valence electrons. The van der Waals surface area contributed by atoms with Crippen molar-refractivity contribution in [2.75, 3.05) is 11.9 Å². The molecule has 0 aromatic heterocycles. The topological polar surface area (TPSA) is 47.6 Å². The number of carbonyl (C=O) groups is 1. The van der Waals surface area contributed by atoms with Gasteiger partial charge in [-0.05, 0) is 54.4 Å². The fourth-order valence-electron chi connectivity index (χ4n) is 2.51. The second-order valence-electron chi connectivity index (χ2n) is 5.74. The SMILES string of the molecule is CCc1ccccc1OCC(=O)Nc1ccc(Oc2ccccc2)cc1. The first-order chi connectivity index (χ1) is 12.7. The zero-order chi connectivity index (χ0) is 18.2. The van der Waals surface area contributed by atoms with Crippen molar-refractivity contribution >= 4 is 11.6 Å². The van der Waals surface area contributed by atoms with Gasteiger partial charge in [0, 0.05) is 5.69 Å². The number of nitrogens with one attached hydrogen (secondary N) is 1. The van der Waals surface area contributed by atoms with E-state index in [1.54, 1.807) is 12.1 Å². The fraction of sp³-hybridized carbons (Fsp3) is 0.136. The molecule has 1 N–H and O–H groups in total. The summed E-state index contributed by atoms with van der Waals surface area (Å²) in [6.45, 7) is 2.03. The highest BCUT2D eigenvalue weighted by Gasteiger charge is 2.06. The molecule has 0 heterocycles. The Morgan fingerprint density at radius 1 is 0.846 bits per heavy atom. The van der Waals surface area contributed by atoms with Crippen molar-refractivity contribution in [3.63, 3.8) is 0 Å². The zero-order valence-corrected chi connectivity index (χ0v) is 14.6. The molecule has 0 aliphatic heterocycles. The molecule has 3 aromatic rings. The Balaban J connectivity index is 1.53. The summed E-state index contributed by atoms with van der Waals surface area (Å²) >= 11 is 0. The van der Waals surface area contributed by atoms with Gasteiger partial charge < -0.3 is 14.8 Å². The molecule has 3 rings (SSSR count). The molecule has 4 nitrogen and oxygen atoms in total. The van der Waals surface area contributed by atoms with Gasteiger partial charge in [0.15, 0.2) is 6.61 Å². The summed E-state index contributed by atoms with van der Waals surface area (Å²) in [5.41, 5.74) is 1.78. The number of benzene rings is 3. The van der Waals surface area contributed by atoms with Gasteiger partial charge in [-0.25, -0.2) is 0 Å². The van der Waals surface area contributed by atoms with Gasteiger partial charge in [0.2, 0.25) is 0 Å². The summed E-state index contributed by atoms with van der Waals surface area (Å²) in [5, 5.41) is 2.82. The Labute approximate surface area is 153 Å². The molecular weight excluding hydrogens is 326 g/mol. The number of amides is 1. The van der Waals surface area contributed by atoms with Gasteiger partial charge in [0.25, 0.3) is 5.91 Å². The van der Waals surface area contributed by atoms with Crippen LogP contribution in [0, 0.1) is 0 Å². The molecule has 4 heteroatoms. The van der Waals surface area contributed by atoms with E-state index in [0.717, 1.165) is 23.5 Å². The molecule has 0 spiro atoms. The minimum atomic E-state index is -0.201. The molecule has 1 amide bonds. The summed E-state index contributed by atoms with van der Waals surface area (Å²) < 4.78 is 11.4. The normalized spacial score (nSPS) is 10.2. The Hall–Kier alpha value is -3.27. The molecule has 0 radical (unpaired) electrons. The molecule has 0 saturated carbocycles. The predicted octanol–water partition coefficient (Wildman–Crippen LogP) is 5.06. The van der Waals surface area contributed by atoms with Gasteiger partial charge in [-0.2, -0.15) is 0 Å². The van der Waals surface area contributed by atoms with E-state index >= 15 is 0 Å². The monoisotopic (exact) mass is 347 g/mol. The standard InChI is InChI=1S/C22H21NO3/c1-2-17-8-6-7-11-21(17)25-16-22(24)23-18-12-14-20(15-13-18)26-19-9-4-3-5-10-19/h3-15H,2,16H2,1H3,(H,23,24). The third-order valence-electron chi connectivity index (χ3n) is 3.83. The molecule has 0 fully saturated rings. The van der Waals surface area contributed by atoms with Gasteiger partial charge in [0.05, 0.1) is 0 Å². The highest BCUT2D eigenvalue weighted by Crippen LogP contribution is 2.23. The first-order valence-corrected chi connectivity index (χ1v) is 8.58. The van der Waals surface area contributed by atoms with E-state index < -0.39 is 0 Å². The number of anilines is 1. The number of hydrogen-bond donors (Lipinski definition) is 1. The van der Waals surface area contributed by atoms with Crippen molar-refractivity contribution in [2.45, 2.75) is 13.3 Å². The molecule has 0 atom stereocenters. The van der Waals surface area contributed by atoms with Gasteiger partial charge in [-0.3, -0.25) is 4.79 Å². The summed E-state index contributed by atoms with van der Waals surface area (Å²) in [6.07, 6.45) is 0.862. The molecule has 0 bridgehead atoms. The molecule has 0 aliphatic rings. The second-order valence-corrected chi connectivity index (χ2v) is 5.74. The van der Waals surface area contributed by atoms with Crippen LogP contribution in [0.2, 0.25) is 0 Å². The minimum absolute atomic E-state index is 0.0285. The maximum atomic E-state index is 12.1. The second kappa shape index (κ2) is 8.72. The van der Waals surface area contributed by atoms with Crippen LogP contribution in [-0.2, 0) is 11.2 Å². The lowest BCUT2D eigenvalue weighted by molar-refractivity contribution is -0.118.